The smallest absolute Gasteiger partial charge is 0.227 e. The predicted octanol–water partition coefficient (Wildman–Crippen LogP) is 4.61. The van der Waals surface area contributed by atoms with E-state index >= 15 is 0 Å². The van der Waals surface area contributed by atoms with Crippen molar-refractivity contribution in [1.82, 2.24) is 15.1 Å². The number of anilines is 1. The minimum absolute atomic E-state index is 0.138. The number of halogens is 1. The Morgan fingerprint density at radius 1 is 1.29 bits per heavy atom. The molecule has 0 aliphatic heterocycles. The molecule has 0 unspecified atom stereocenters. The average Bonchev–Trinajstić information content (AvgIpc) is 3.09. The van der Waals surface area contributed by atoms with Crippen LogP contribution in [0.15, 0.2) is 24.3 Å². The van der Waals surface area contributed by atoms with E-state index in [-0.39, 0.29) is 30.2 Å². The SMILES string of the molecule is CC[C@H](C)N(CCC(=O)Nc1nnc(-c2ccc(Cl)cc2)s1)C(=O)C1CCC1. The van der Waals surface area contributed by atoms with Gasteiger partial charge in [0.1, 0.15) is 5.01 Å². The molecule has 1 fully saturated rings. The summed E-state index contributed by atoms with van der Waals surface area (Å²) < 4.78 is 0. The second kappa shape index (κ2) is 9.47. The highest BCUT2D eigenvalue weighted by Gasteiger charge is 2.31. The van der Waals surface area contributed by atoms with Crippen LogP contribution < -0.4 is 5.32 Å². The topological polar surface area (TPSA) is 75.2 Å². The largest absolute Gasteiger partial charge is 0.339 e. The molecule has 28 heavy (non-hydrogen) atoms. The maximum Gasteiger partial charge on any atom is 0.227 e. The molecule has 1 saturated carbocycles. The van der Waals surface area contributed by atoms with Gasteiger partial charge in [-0.3, -0.25) is 9.59 Å². The van der Waals surface area contributed by atoms with Crippen LogP contribution >= 0.6 is 22.9 Å². The molecule has 3 rings (SSSR count). The van der Waals surface area contributed by atoms with Crippen molar-refractivity contribution in [2.24, 2.45) is 5.92 Å². The fourth-order valence-corrected chi connectivity index (χ4v) is 3.94. The van der Waals surface area contributed by atoms with Gasteiger partial charge in [-0.2, -0.15) is 0 Å². The summed E-state index contributed by atoms with van der Waals surface area (Å²) in [6, 6.07) is 7.45. The molecular formula is C20H25ClN4O2S. The third-order valence-corrected chi connectivity index (χ3v) is 6.34. The lowest BCUT2D eigenvalue weighted by atomic mass is 9.84. The number of hydrogen-bond acceptors (Lipinski definition) is 5. The number of nitrogens with one attached hydrogen (secondary N) is 1. The van der Waals surface area contributed by atoms with Crippen LogP contribution in [0.2, 0.25) is 5.02 Å². The van der Waals surface area contributed by atoms with Gasteiger partial charge in [-0.25, -0.2) is 0 Å². The number of nitrogens with zero attached hydrogens (tertiary/aromatic N) is 3. The van der Waals surface area contributed by atoms with E-state index in [0.717, 1.165) is 31.2 Å². The summed E-state index contributed by atoms with van der Waals surface area (Å²) in [7, 11) is 0. The molecule has 1 aliphatic rings. The van der Waals surface area contributed by atoms with Gasteiger partial charge in [0.2, 0.25) is 16.9 Å². The van der Waals surface area contributed by atoms with Crippen molar-refractivity contribution in [1.29, 1.82) is 0 Å². The molecule has 2 amide bonds. The second-order valence-corrected chi connectivity index (χ2v) is 8.55. The molecule has 2 aromatic rings. The monoisotopic (exact) mass is 420 g/mol. The molecular weight excluding hydrogens is 396 g/mol. The third-order valence-electron chi connectivity index (χ3n) is 5.20. The van der Waals surface area contributed by atoms with Crippen molar-refractivity contribution < 1.29 is 9.59 Å². The molecule has 8 heteroatoms. The maximum absolute atomic E-state index is 12.6. The van der Waals surface area contributed by atoms with Gasteiger partial charge < -0.3 is 10.2 Å². The summed E-state index contributed by atoms with van der Waals surface area (Å²) >= 11 is 7.21. The zero-order valence-corrected chi connectivity index (χ0v) is 17.7. The number of hydrogen-bond donors (Lipinski definition) is 1. The van der Waals surface area contributed by atoms with Gasteiger partial charge >= 0.3 is 0 Å². The summed E-state index contributed by atoms with van der Waals surface area (Å²) in [6.45, 7) is 4.53. The van der Waals surface area contributed by atoms with Crippen LogP contribution in [-0.4, -0.2) is 39.5 Å². The first-order chi connectivity index (χ1) is 13.5. The molecule has 0 saturated heterocycles. The lowest BCUT2D eigenvalue weighted by molar-refractivity contribution is -0.140. The zero-order chi connectivity index (χ0) is 20.1. The molecule has 0 bridgehead atoms. The van der Waals surface area contributed by atoms with Crippen molar-refractivity contribution >= 4 is 39.9 Å². The fourth-order valence-electron chi connectivity index (χ4n) is 3.04. The lowest BCUT2D eigenvalue weighted by Crippen LogP contribution is -2.45. The number of amides is 2. The Balaban J connectivity index is 1.55. The molecule has 6 nitrogen and oxygen atoms in total. The van der Waals surface area contributed by atoms with Crippen molar-refractivity contribution in [2.75, 3.05) is 11.9 Å². The number of carbonyl (C=O) groups excluding carboxylic acids is 2. The second-order valence-electron chi connectivity index (χ2n) is 7.13. The molecule has 0 spiro atoms. The van der Waals surface area contributed by atoms with Gasteiger partial charge in [0.25, 0.3) is 0 Å². The van der Waals surface area contributed by atoms with Gasteiger partial charge in [-0.05, 0) is 38.3 Å². The van der Waals surface area contributed by atoms with E-state index in [1.807, 2.05) is 24.0 Å². The number of carbonyl (C=O) groups is 2. The molecule has 1 heterocycles. The lowest BCUT2D eigenvalue weighted by Gasteiger charge is -2.35. The Hall–Kier alpha value is -1.99. The van der Waals surface area contributed by atoms with Crippen molar-refractivity contribution in [3.8, 4) is 10.6 Å². The van der Waals surface area contributed by atoms with Crippen LogP contribution in [0.5, 0.6) is 0 Å². The molecule has 1 aliphatic carbocycles. The summed E-state index contributed by atoms with van der Waals surface area (Å²) in [5.41, 5.74) is 0.899. The Bertz CT molecular complexity index is 820. The molecule has 150 valence electrons. The predicted molar refractivity (Wildman–Crippen MR) is 112 cm³/mol. The summed E-state index contributed by atoms with van der Waals surface area (Å²) in [5.74, 6) is 0.171. The van der Waals surface area contributed by atoms with Gasteiger partial charge in [-0.1, -0.05) is 48.4 Å². The van der Waals surface area contributed by atoms with Crippen LogP contribution in [0, 0.1) is 5.92 Å². The minimum Gasteiger partial charge on any atom is -0.339 e. The molecule has 1 atom stereocenters. The van der Waals surface area contributed by atoms with E-state index in [0.29, 0.717) is 21.7 Å². The van der Waals surface area contributed by atoms with Gasteiger partial charge in [0.05, 0.1) is 0 Å². The van der Waals surface area contributed by atoms with E-state index in [1.54, 1.807) is 12.1 Å². The third kappa shape index (κ3) is 5.08. The van der Waals surface area contributed by atoms with Crippen molar-refractivity contribution in [3.63, 3.8) is 0 Å². The highest BCUT2D eigenvalue weighted by atomic mass is 35.5. The van der Waals surface area contributed by atoms with Crippen LogP contribution in [0.25, 0.3) is 10.6 Å². The van der Waals surface area contributed by atoms with Gasteiger partial charge in [0, 0.05) is 35.5 Å². The van der Waals surface area contributed by atoms with Crippen LogP contribution in [-0.2, 0) is 9.59 Å². The normalized spacial score (nSPS) is 15.0. The standard InChI is InChI=1S/C20H25ClN4O2S/c1-3-13(2)25(19(27)15-5-4-6-15)12-11-17(26)22-20-24-23-18(28-20)14-7-9-16(21)10-8-14/h7-10,13,15H,3-6,11-12H2,1-2H3,(H,22,24,26)/t13-/m0/s1. The van der Waals surface area contributed by atoms with E-state index in [1.165, 1.54) is 11.3 Å². The van der Waals surface area contributed by atoms with Crippen LogP contribution in [0.4, 0.5) is 5.13 Å². The molecule has 1 N–H and O–H groups in total. The fraction of sp³-hybridized carbons (Fsp3) is 0.500. The Kier molecular flexibility index (Phi) is 7.02. The molecule has 0 radical (unpaired) electrons. The van der Waals surface area contributed by atoms with Crippen LogP contribution in [0.1, 0.15) is 46.0 Å². The maximum atomic E-state index is 12.6. The Labute approximate surface area is 174 Å². The Morgan fingerprint density at radius 2 is 2.00 bits per heavy atom. The number of benzene rings is 1. The van der Waals surface area contributed by atoms with E-state index in [4.69, 9.17) is 11.6 Å². The number of aromatic nitrogens is 2. The van der Waals surface area contributed by atoms with Crippen LogP contribution in [0.3, 0.4) is 0 Å². The first-order valence-corrected chi connectivity index (χ1v) is 10.9. The minimum atomic E-state index is -0.159. The first kappa shape index (κ1) is 20.7. The zero-order valence-electron chi connectivity index (χ0n) is 16.2. The van der Waals surface area contributed by atoms with Crippen molar-refractivity contribution in [2.45, 2.75) is 52.0 Å². The van der Waals surface area contributed by atoms with E-state index in [9.17, 15) is 9.59 Å². The Morgan fingerprint density at radius 3 is 2.61 bits per heavy atom. The van der Waals surface area contributed by atoms with E-state index in [2.05, 4.69) is 22.4 Å². The highest BCUT2D eigenvalue weighted by Crippen LogP contribution is 2.30. The summed E-state index contributed by atoms with van der Waals surface area (Å²) in [6.07, 6.45) is 4.18. The first-order valence-electron chi connectivity index (χ1n) is 9.67. The average molecular weight is 421 g/mol. The quantitative estimate of drug-likeness (QED) is 0.676. The van der Waals surface area contributed by atoms with Crippen molar-refractivity contribution in [3.05, 3.63) is 29.3 Å². The molecule has 1 aromatic heterocycles. The highest BCUT2D eigenvalue weighted by molar-refractivity contribution is 7.18. The summed E-state index contributed by atoms with van der Waals surface area (Å²) in [4.78, 5) is 26.9. The molecule has 1 aromatic carbocycles. The van der Waals surface area contributed by atoms with Gasteiger partial charge in [-0.15, -0.1) is 10.2 Å². The summed E-state index contributed by atoms with van der Waals surface area (Å²) in [5, 5.41) is 12.8. The number of rotatable bonds is 8. The van der Waals surface area contributed by atoms with Gasteiger partial charge in [0.15, 0.2) is 0 Å². The van der Waals surface area contributed by atoms with E-state index < -0.39 is 0 Å².